The first-order chi connectivity index (χ1) is 11.4. The van der Waals surface area contributed by atoms with Gasteiger partial charge in [-0.15, -0.1) is 0 Å². The molecular weight excluding hydrogens is 368 g/mol. The molecular formula is C19H19BrN2O2. The van der Waals surface area contributed by atoms with E-state index in [-0.39, 0.29) is 11.8 Å². The lowest BCUT2D eigenvalue weighted by Crippen LogP contribution is -2.12. The molecule has 0 saturated heterocycles. The van der Waals surface area contributed by atoms with E-state index in [9.17, 15) is 9.59 Å². The van der Waals surface area contributed by atoms with Crippen molar-refractivity contribution in [1.82, 2.24) is 0 Å². The largest absolute Gasteiger partial charge is 0.326 e. The molecule has 24 heavy (non-hydrogen) atoms. The topological polar surface area (TPSA) is 58.2 Å². The van der Waals surface area contributed by atoms with Crippen molar-refractivity contribution in [2.45, 2.75) is 20.8 Å². The van der Waals surface area contributed by atoms with Crippen molar-refractivity contribution in [3.8, 4) is 0 Å². The minimum atomic E-state index is -0.231. The molecule has 0 aliphatic rings. The van der Waals surface area contributed by atoms with Crippen LogP contribution in [0.5, 0.6) is 0 Å². The highest BCUT2D eigenvalue weighted by atomic mass is 79.9. The second kappa shape index (κ2) is 7.93. The summed E-state index contributed by atoms with van der Waals surface area (Å²) < 4.78 is 0.940. The van der Waals surface area contributed by atoms with Gasteiger partial charge >= 0.3 is 0 Å². The zero-order valence-corrected chi connectivity index (χ0v) is 15.4. The van der Waals surface area contributed by atoms with Crippen molar-refractivity contribution >= 4 is 45.2 Å². The maximum Gasteiger partial charge on any atom is 0.248 e. The van der Waals surface area contributed by atoms with Gasteiger partial charge in [0.2, 0.25) is 11.8 Å². The highest BCUT2D eigenvalue weighted by molar-refractivity contribution is 9.10. The molecule has 0 spiro atoms. The molecule has 2 aromatic carbocycles. The van der Waals surface area contributed by atoms with E-state index in [4.69, 9.17) is 0 Å². The Bertz CT molecular complexity index is 813. The fourth-order valence-corrected chi connectivity index (χ4v) is 2.83. The summed E-state index contributed by atoms with van der Waals surface area (Å²) in [7, 11) is 0. The molecule has 0 heterocycles. The van der Waals surface area contributed by atoms with Crippen molar-refractivity contribution in [3.63, 3.8) is 0 Å². The highest BCUT2D eigenvalue weighted by Gasteiger charge is 2.07. The van der Waals surface area contributed by atoms with Gasteiger partial charge in [-0.05, 0) is 54.8 Å². The minimum Gasteiger partial charge on any atom is -0.326 e. The number of carbonyl (C=O) groups is 2. The van der Waals surface area contributed by atoms with Crippen LogP contribution in [0.3, 0.4) is 0 Å². The number of amides is 2. The van der Waals surface area contributed by atoms with Crippen LogP contribution in [0.2, 0.25) is 0 Å². The fourth-order valence-electron chi connectivity index (χ4n) is 2.20. The number of hydrogen-bond donors (Lipinski definition) is 2. The Morgan fingerprint density at radius 3 is 2.33 bits per heavy atom. The highest BCUT2D eigenvalue weighted by Crippen LogP contribution is 2.24. The Morgan fingerprint density at radius 2 is 1.71 bits per heavy atom. The summed E-state index contributed by atoms with van der Waals surface area (Å²) >= 11 is 3.48. The minimum absolute atomic E-state index is 0.148. The van der Waals surface area contributed by atoms with Gasteiger partial charge in [0.1, 0.15) is 0 Å². The van der Waals surface area contributed by atoms with Gasteiger partial charge in [-0.25, -0.2) is 0 Å². The van der Waals surface area contributed by atoms with E-state index in [1.54, 1.807) is 24.3 Å². The van der Waals surface area contributed by atoms with Crippen LogP contribution in [-0.2, 0) is 9.59 Å². The van der Waals surface area contributed by atoms with Gasteiger partial charge in [0.05, 0.1) is 0 Å². The lowest BCUT2D eigenvalue weighted by Gasteiger charge is -2.11. The first kappa shape index (κ1) is 17.9. The smallest absolute Gasteiger partial charge is 0.248 e. The van der Waals surface area contributed by atoms with Gasteiger partial charge in [-0.1, -0.05) is 34.1 Å². The van der Waals surface area contributed by atoms with Crippen LogP contribution in [0, 0.1) is 13.8 Å². The molecule has 0 aromatic heterocycles. The molecule has 4 nitrogen and oxygen atoms in total. The number of aryl methyl sites for hydroxylation is 1. The molecule has 0 fully saturated rings. The Morgan fingerprint density at radius 1 is 1.04 bits per heavy atom. The van der Waals surface area contributed by atoms with E-state index in [0.717, 1.165) is 21.2 Å². The molecule has 2 rings (SSSR count). The molecule has 0 bridgehead atoms. The normalized spacial score (nSPS) is 10.7. The molecule has 0 aliphatic carbocycles. The van der Waals surface area contributed by atoms with Crippen LogP contribution in [-0.4, -0.2) is 11.8 Å². The molecule has 5 heteroatoms. The molecule has 2 N–H and O–H groups in total. The average molecular weight is 387 g/mol. The molecule has 2 amide bonds. The van der Waals surface area contributed by atoms with E-state index in [0.29, 0.717) is 11.4 Å². The third-order valence-corrected chi connectivity index (χ3v) is 4.16. The van der Waals surface area contributed by atoms with Crippen molar-refractivity contribution < 1.29 is 9.59 Å². The van der Waals surface area contributed by atoms with E-state index >= 15 is 0 Å². The summed E-state index contributed by atoms with van der Waals surface area (Å²) in [5.41, 5.74) is 4.24. The van der Waals surface area contributed by atoms with Crippen molar-refractivity contribution in [2.75, 3.05) is 10.6 Å². The molecule has 0 atom stereocenters. The number of benzene rings is 2. The van der Waals surface area contributed by atoms with E-state index in [2.05, 4.69) is 26.6 Å². The van der Waals surface area contributed by atoms with Crippen LogP contribution >= 0.6 is 15.9 Å². The zero-order chi connectivity index (χ0) is 17.7. The SMILES string of the molecule is CC(=O)Nc1cccc(NC(=O)/C=C/c2ccc(C)cc2Br)c1C. The zero-order valence-electron chi connectivity index (χ0n) is 13.8. The molecule has 0 aliphatic heterocycles. The first-order valence-corrected chi connectivity index (χ1v) is 8.28. The number of rotatable bonds is 4. The van der Waals surface area contributed by atoms with Crippen molar-refractivity contribution in [1.29, 1.82) is 0 Å². The van der Waals surface area contributed by atoms with Gasteiger partial charge in [0, 0.05) is 28.8 Å². The van der Waals surface area contributed by atoms with Crippen LogP contribution in [0.4, 0.5) is 11.4 Å². The van der Waals surface area contributed by atoms with Gasteiger partial charge in [-0.3, -0.25) is 9.59 Å². The third kappa shape index (κ3) is 4.80. The predicted molar refractivity (Wildman–Crippen MR) is 102 cm³/mol. The quantitative estimate of drug-likeness (QED) is 0.749. The average Bonchev–Trinajstić information content (AvgIpc) is 2.50. The Kier molecular flexibility index (Phi) is 5.93. The Balaban J connectivity index is 2.12. The maximum absolute atomic E-state index is 12.1. The molecule has 0 unspecified atom stereocenters. The van der Waals surface area contributed by atoms with Crippen molar-refractivity contribution in [3.05, 3.63) is 63.6 Å². The molecule has 2 aromatic rings. The van der Waals surface area contributed by atoms with E-state index < -0.39 is 0 Å². The summed E-state index contributed by atoms with van der Waals surface area (Å²) in [6.45, 7) is 5.31. The lowest BCUT2D eigenvalue weighted by molar-refractivity contribution is -0.114. The second-order valence-corrected chi connectivity index (χ2v) is 6.36. The fraction of sp³-hybridized carbons (Fsp3) is 0.158. The van der Waals surface area contributed by atoms with Crippen LogP contribution in [0.25, 0.3) is 6.08 Å². The van der Waals surface area contributed by atoms with E-state index in [1.165, 1.54) is 13.0 Å². The van der Waals surface area contributed by atoms with Crippen LogP contribution < -0.4 is 10.6 Å². The molecule has 124 valence electrons. The van der Waals surface area contributed by atoms with Gasteiger partial charge in [-0.2, -0.15) is 0 Å². The number of halogens is 1. The summed E-state index contributed by atoms with van der Waals surface area (Å²) in [5.74, 6) is -0.378. The van der Waals surface area contributed by atoms with Gasteiger partial charge < -0.3 is 10.6 Å². The van der Waals surface area contributed by atoms with E-state index in [1.807, 2.05) is 32.0 Å². The number of hydrogen-bond acceptors (Lipinski definition) is 2. The standard InChI is InChI=1S/C19H19BrN2O2/c1-12-7-8-15(16(20)11-12)9-10-19(24)22-18-6-4-5-17(13(18)2)21-14(3)23/h4-11H,1-3H3,(H,21,23)(H,22,24)/b10-9+. The molecule has 0 radical (unpaired) electrons. The Hall–Kier alpha value is -2.40. The van der Waals surface area contributed by atoms with Crippen molar-refractivity contribution in [2.24, 2.45) is 0 Å². The number of nitrogens with one attached hydrogen (secondary N) is 2. The monoisotopic (exact) mass is 386 g/mol. The lowest BCUT2D eigenvalue weighted by atomic mass is 10.1. The number of anilines is 2. The molecule has 0 saturated carbocycles. The van der Waals surface area contributed by atoms with Gasteiger partial charge in [0.25, 0.3) is 0 Å². The summed E-state index contributed by atoms with van der Waals surface area (Å²) in [5, 5.41) is 5.58. The summed E-state index contributed by atoms with van der Waals surface area (Å²) in [6, 6.07) is 11.3. The maximum atomic E-state index is 12.1. The van der Waals surface area contributed by atoms with Gasteiger partial charge in [0.15, 0.2) is 0 Å². The second-order valence-electron chi connectivity index (χ2n) is 5.51. The predicted octanol–water partition coefficient (Wildman–Crippen LogP) is 4.68. The summed E-state index contributed by atoms with van der Waals surface area (Å²) in [4.78, 5) is 23.3. The van der Waals surface area contributed by atoms with Crippen LogP contribution in [0.15, 0.2) is 46.9 Å². The first-order valence-electron chi connectivity index (χ1n) is 7.49. The van der Waals surface area contributed by atoms with Crippen LogP contribution in [0.1, 0.15) is 23.6 Å². The summed E-state index contributed by atoms with van der Waals surface area (Å²) in [6.07, 6.45) is 3.24. The Labute approximate surface area is 150 Å². The third-order valence-electron chi connectivity index (χ3n) is 3.47. The number of carbonyl (C=O) groups excluding carboxylic acids is 2.